The number of nitrogens with zero attached hydrogens (tertiary/aromatic N) is 1. The number of aliphatic hydroxyl groups is 1. The summed E-state index contributed by atoms with van der Waals surface area (Å²) in [5.74, 6) is 0.247. The third-order valence-corrected chi connectivity index (χ3v) is 5.75. The summed E-state index contributed by atoms with van der Waals surface area (Å²) in [6.07, 6.45) is 1.22. The number of urea groups is 1. The molecule has 1 saturated heterocycles. The highest BCUT2D eigenvalue weighted by molar-refractivity contribution is 5.89. The SMILES string of the molecule is Cc1ccc(NC(=O)N2CC3CC(O)(c4ccc(F)cc4)CC3C2)cc1. The van der Waals surface area contributed by atoms with E-state index in [1.807, 2.05) is 36.1 Å². The monoisotopic (exact) mass is 354 g/mol. The van der Waals surface area contributed by atoms with Crippen molar-refractivity contribution >= 4 is 11.7 Å². The van der Waals surface area contributed by atoms with Crippen molar-refractivity contribution in [3.63, 3.8) is 0 Å². The summed E-state index contributed by atoms with van der Waals surface area (Å²) in [6.45, 7) is 3.30. The van der Waals surface area contributed by atoms with E-state index in [4.69, 9.17) is 0 Å². The van der Waals surface area contributed by atoms with Gasteiger partial charge in [-0.05, 0) is 61.4 Å². The fraction of sp³-hybridized carbons (Fsp3) is 0.381. The highest BCUT2D eigenvalue weighted by atomic mass is 19.1. The Kier molecular flexibility index (Phi) is 4.19. The Hall–Kier alpha value is -2.40. The lowest BCUT2D eigenvalue weighted by Crippen LogP contribution is -2.35. The number of hydrogen-bond donors (Lipinski definition) is 2. The summed E-state index contributed by atoms with van der Waals surface area (Å²) < 4.78 is 13.1. The number of amides is 2. The molecule has 2 aliphatic rings. The molecule has 1 heterocycles. The van der Waals surface area contributed by atoms with Crippen molar-refractivity contribution in [1.29, 1.82) is 0 Å². The zero-order valence-corrected chi connectivity index (χ0v) is 14.8. The molecule has 2 N–H and O–H groups in total. The van der Waals surface area contributed by atoms with E-state index in [1.165, 1.54) is 12.1 Å². The van der Waals surface area contributed by atoms with Crippen LogP contribution in [-0.2, 0) is 5.60 Å². The van der Waals surface area contributed by atoms with E-state index < -0.39 is 5.60 Å². The summed E-state index contributed by atoms with van der Waals surface area (Å²) in [4.78, 5) is 14.3. The molecule has 5 heteroatoms. The zero-order chi connectivity index (χ0) is 18.3. The molecule has 2 aromatic carbocycles. The molecule has 2 atom stereocenters. The van der Waals surface area contributed by atoms with Gasteiger partial charge in [0.15, 0.2) is 0 Å². The molecule has 4 rings (SSSR count). The lowest BCUT2D eigenvalue weighted by atomic mass is 9.90. The number of fused-ring (bicyclic) bond motifs is 1. The fourth-order valence-corrected chi connectivity index (χ4v) is 4.35. The van der Waals surface area contributed by atoms with E-state index in [9.17, 15) is 14.3 Å². The van der Waals surface area contributed by atoms with Crippen molar-refractivity contribution in [2.75, 3.05) is 18.4 Å². The van der Waals surface area contributed by atoms with E-state index >= 15 is 0 Å². The molecule has 1 aliphatic heterocycles. The second-order valence-electron chi connectivity index (χ2n) is 7.67. The first kappa shape index (κ1) is 17.0. The largest absolute Gasteiger partial charge is 0.385 e. The van der Waals surface area contributed by atoms with Crippen molar-refractivity contribution in [2.45, 2.75) is 25.4 Å². The number of likely N-dealkylation sites (tertiary alicyclic amines) is 1. The van der Waals surface area contributed by atoms with Crippen molar-refractivity contribution < 1.29 is 14.3 Å². The van der Waals surface area contributed by atoms with Crippen LogP contribution in [0.5, 0.6) is 0 Å². The van der Waals surface area contributed by atoms with Gasteiger partial charge in [-0.2, -0.15) is 0 Å². The van der Waals surface area contributed by atoms with Crippen molar-refractivity contribution in [3.8, 4) is 0 Å². The van der Waals surface area contributed by atoms with E-state index in [-0.39, 0.29) is 23.7 Å². The first-order valence-corrected chi connectivity index (χ1v) is 9.04. The Morgan fingerprint density at radius 3 is 2.23 bits per heavy atom. The first-order valence-electron chi connectivity index (χ1n) is 9.04. The highest BCUT2D eigenvalue weighted by Gasteiger charge is 2.49. The molecule has 2 amide bonds. The standard InChI is InChI=1S/C21H23FN2O2/c1-14-2-8-19(9-3-14)23-20(25)24-12-15-10-21(26,11-16(15)13-24)17-4-6-18(22)7-5-17/h2-9,15-16,26H,10-13H2,1H3,(H,23,25). The molecule has 26 heavy (non-hydrogen) atoms. The first-order chi connectivity index (χ1) is 12.4. The Morgan fingerprint density at radius 1 is 1.08 bits per heavy atom. The van der Waals surface area contributed by atoms with Crippen molar-refractivity contribution in [2.24, 2.45) is 11.8 Å². The molecule has 0 radical (unpaired) electrons. The quantitative estimate of drug-likeness (QED) is 0.859. The minimum Gasteiger partial charge on any atom is -0.385 e. The maximum absolute atomic E-state index is 13.1. The van der Waals surface area contributed by atoms with Gasteiger partial charge in [-0.3, -0.25) is 0 Å². The summed E-state index contributed by atoms with van der Waals surface area (Å²) in [6, 6.07) is 13.8. The molecular weight excluding hydrogens is 331 g/mol. The van der Waals surface area contributed by atoms with Gasteiger partial charge in [0.2, 0.25) is 0 Å². The van der Waals surface area contributed by atoms with Gasteiger partial charge in [-0.25, -0.2) is 9.18 Å². The number of hydrogen-bond acceptors (Lipinski definition) is 2. The third-order valence-electron chi connectivity index (χ3n) is 5.75. The predicted octanol–water partition coefficient (Wildman–Crippen LogP) is 3.90. The lowest BCUT2D eigenvalue weighted by molar-refractivity contribution is 0.0328. The fourth-order valence-electron chi connectivity index (χ4n) is 4.35. The zero-order valence-electron chi connectivity index (χ0n) is 14.8. The van der Waals surface area contributed by atoms with Crippen LogP contribution in [0.2, 0.25) is 0 Å². The number of benzene rings is 2. The normalized spacial score (nSPS) is 27.4. The number of nitrogens with one attached hydrogen (secondary N) is 1. The van der Waals surface area contributed by atoms with Crippen LogP contribution in [0.15, 0.2) is 48.5 Å². The molecule has 0 spiro atoms. The van der Waals surface area contributed by atoms with Crippen LogP contribution in [0.25, 0.3) is 0 Å². The average molecular weight is 354 g/mol. The van der Waals surface area contributed by atoms with Gasteiger partial charge < -0.3 is 15.3 Å². The Labute approximate surface area is 152 Å². The summed E-state index contributed by atoms with van der Waals surface area (Å²) in [5, 5.41) is 13.9. The van der Waals surface area contributed by atoms with Gasteiger partial charge in [0.1, 0.15) is 5.82 Å². The van der Waals surface area contributed by atoms with Gasteiger partial charge in [0.25, 0.3) is 0 Å². The number of carbonyl (C=O) groups is 1. The Balaban J connectivity index is 1.39. The van der Waals surface area contributed by atoms with Crippen LogP contribution in [-0.4, -0.2) is 29.1 Å². The molecule has 2 unspecified atom stereocenters. The molecule has 2 aromatic rings. The van der Waals surface area contributed by atoms with Gasteiger partial charge >= 0.3 is 6.03 Å². The number of aryl methyl sites for hydroxylation is 1. The topological polar surface area (TPSA) is 52.6 Å². The van der Waals surface area contributed by atoms with E-state index in [0.717, 1.165) is 16.8 Å². The number of anilines is 1. The molecular formula is C21H23FN2O2. The van der Waals surface area contributed by atoms with Gasteiger partial charge in [-0.1, -0.05) is 29.8 Å². The van der Waals surface area contributed by atoms with Crippen LogP contribution in [0.4, 0.5) is 14.9 Å². The van der Waals surface area contributed by atoms with Gasteiger partial charge in [-0.15, -0.1) is 0 Å². The van der Waals surface area contributed by atoms with Crippen LogP contribution in [0.3, 0.4) is 0 Å². The van der Waals surface area contributed by atoms with Gasteiger partial charge in [0, 0.05) is 18.8 Å². The lowest BCUT2D eigenvalue weighted by Gasteiger charge is -2.26. The van der Waals surface area contributed by atoms with Crippen LogP contribution in [0, 0.1) is 24.6 Å². The Bertz CT molecular complexity index is 790. The maximum atomic E-state index is 13.1. The average Bonchev–Trinajstić information content (AvgIpc) is 3.13. The van der Waals surface area contributed by atoms with E-state index in [0.29, 0.717) is 25.9 Å². The molecule has 0 aromatic heterocycles. The second-order valence-corrected chi connectivity index (χ2v) is 7.67. The van der Waals surface area contributed by atoms with Crippen LogP contribution >= 0.6 is 0 Å². The molecule has 2 fully saturated rings. The minimum absolute atomic E-state index is 0.0893. The smallest absolute Gasteiger partial charge is 0.321 e. The summed E-state index contributed by atoms with van der Waals surface area (Å²) in [5.41, 5.74) is 1.80. The van der Waals surface area contributed by atoms with E-state index in [2.05, 4.69) is 5.32 Å². The molecule has 136 valence electrons. The summed E-state index contributed by atoms with van der Waals surface area (Å²) >= 11 is 0. The summed E-state index contributed by atoms with van der Waals surface area (Å²) in [7, 11) is 0. The Morgan fingerprint density at radius 2 is 1.65 bits per heavy atom. The number of carbonyl (C=O) groups excluding carboxylic acids is 1. The number of rotatable bonds is 2. The van der Waals surface area contributed by atoms with Crippen LogP contribution in [0.1, 0.15) is 24.0 Å². The predicted molar refractivity (Wildman–Crippen MR) is 98.3 cm³/mol. The minimum atomic E-state index is -0.914. The number of halogens is 1. The molecule has 1 aliphatic carbocycles. The molecule has 1 saturated carbocycles. The van der Waals surface area contributed by atoms with Crippen LogP contribution < -0.4 is 5.32 Å². The van der Waals surface area contributed by atoms with Crippen molar-refractivity contribution in [1.82, 2.24) is 4.90 Å². The maximum Gasteiger partial charge on any atom is 0.321 e. The third kappa shape index (κ3) is 3.19. The van der Waals surface area contributed by atoms with E-state index in [1.54, 1.807) is 12.1 Å². The second kappa shape index (κ2) is 6.40. The van der Waals surface area contributed by atoms with Crippen molar-refractivity contribution in [3.05, 3.63) is 65.5 Å². The molecule has 4 nitrogen and oxygen atoms in total. The van der Waals surface area contributed by atoms with Gasteiger partial charge in [0.05, 0.1) is 5.60 Å². The molecule has 0 bridgehead atoms. The highest BCUT2D eigenvalue weighted by Crippen LogP contribution is 2.49.